The molecule has 2 aromatic rings. The molecule has 1 saturated heterocycles. The Hall–Kier alpha value is -2.60. The van der Waals surface area contributed by atoms with Crippen LogP contribution < -0.4 is 15.0 Å². The van der Waals surface area contributed by atoms with E-state index in [9.17, 15) is 4.79 Å². The highest BCUT2D eigenvalue weighted by Gasteiger charge is 2.25. The first-order valence-electron chi connectivity index (χ1n) is 9.48. The number of rotatable bonds is 7. The smallest absolute Gasteiger partial charge is 0.237 e. The molecule has 1 aromatic carbocycles. The minimum Gasteiger partial charge on any atom is -0.497 e. The molecule has 1 aromatic heterocycles. The molecule has 1 N–H and O–H groups in total. The van der Waals surface area contributed by atoms with E-state index in [-0.39, 0.29) is 11.9 Å². The van der Waals surface area contributed by atoms with Gasteiger partial charge in [-0.3, -0.25) is 9.69 Å². The van der Waals surface area contributed by atoms with Crippen molar-refractivity contribution in [2.24, 2.45) is 0 Å². The number of methoxy groups -OCH3 is 1. The van der Waals surface area contributed by atoms with Crippen LogP contribution in [0.2, 0.25) is 0 Å². The van der Waals surface area contributed by atoms with Crippen LogP contribution in [0.4, 0.5) is 5.82 Å². The molecule has 0 unspecified atom stereocenters. The maximum absolute atomic E-state index is 12.5. The molecule has 0 radical (unpaired) electrons. The van der Waals surface area contributed by atoms with Crippen molar-refractivity contribution < 1.29 is 9.53 Å². The SMILES string of the molecule is COc1ccc(CCNC(=O)[C@@H](C)N2CCN(c3ccccn3)CC2)cc1. The highest BCUT2D eigenvalue weighted by Crippen LogP contribution is 2.14. The lowest BCUT2D eigenvalue weighted by atomic mass is 10.1. The molecule has 0 aliphatic carbocycles. The van der Waals surface area contributed by atoms with Crippen molar-refractivity contribution in [2.75, 3.05) is 44.7 Å². The third-order valence-electron chi connectivity index (χ3n) is 5.09. The van der Waals surface area contributed by atoms with Gasteiger partial charge in [0.05, 0.1) is 13.2 Å². The molecular weight excluding hydrogens is 340 g/mol. The molecular formula is C21H28N4O2. The fourth-order valence-electron chi connectivity index (χ4n) is 3.31. The van der Waals surface area contributed by atoms with Gasteiger partial charge in [-0.15, -0.1) is 0 Å². The first-order chi connectivity index (χ1) is 13.2. The van der Waals surface area contributed by atoms with Gasteiger partial charge >= 0.3 is 0 Å². The predicted octanol–water partition coefficient (Wildman–Crippen LogP) is 1.96. The molecule has 27 heavy (non-hydrogen) atoms. The van der Waals surface area contributed by atoms with E-state index >= 15 is 0 Å². The normalized spacial score (nSPS) is 16.0. The number of carbonyl (C=O) groups is 1. The van der Waals surface area contributed by atoms with Crippen LogP contribution in [0.25, 0.3) is 0 Å². The van der Waals surface area contributed by atoms with Crippen LogP contribution in [-0.4, -0.2) is 61.7 Å². The highest BCUT2D eigenvalue weighted by molar-refractivity contribution is 5.81. The summed E-state index contributed by atoms with van der Waals surface area (Å²) in [5.74, 6) is 1.95. The standard InChI is InChI=1S/C21H28N4O2/c1-17(21(26)23-12-10-18-6-8-19(27-2)9-7-18)24-13-15-25(16-14-24)20-5-3-4-11-22-20/h3-9,11,17H,10,12-16H2,1-2H3,(H,23,26)/t17-/m1/s1. The number of carbonyl (C=O) groups excluding carboxylic acids is 1. The number of piperazine rings is 1. The molecule has 0 saturated carbocycles. The Kier molecular flexibility index (Phi) is 6.65. The number of benzene rings is 1. The number of pyridine rings is 1. The van der Waals surface area contributed by atoms with Gasteiger partial charge in [0.15, 0.2) is 0 Å². The third-order valence-corrected chi connectivity index (χ3v) is 5.09. The number of nitrogens with zero attached hydrogens (tertiary/aromatic N) is 3. The molecule has 0 spiro atoms. The second kappa shape index (κ2) is 9.37. The number of ether oxygens (including phenoxy) is 1. The largest absolute Gasteiger partial charge is 0.497 e. The Labute approximate surface area is 161 Å². The van der Waals surface area contributed by atoms with Gasteiger partial charge < -0.3 is 15.0 Å². The molecule has 6 heteroatoms. The van der Waals surface area contributed by atoms with Crippen LogP contribution >= 0.6 is 0 Å². The molecule has 3 rings (SSSR count). The van der Waals surface area contributed by atoms with Crippen molar-refractivity contribution >= 4 is 11.7 Å². The minimum atomic E-state index is -0.119. The zero-order valence-electron chi connectivity index (χ0n) is 16.1. The number of hydrogen-bond donors (Lipinski definition) is 1. The highest BCUT2D eigenvalue weighted by atomic mass is 16.5. The molecule has 144 valence electrons. The quantitative estimate of drug-likeness (QED) is 0.810. The monoisotopic (exact) mass is 368 g/mol. The number of aromatic nitrogens is 1. The summed E-state index contributed by atoms with van der Waals surface area (Å²) in [6.45, 7) is 6.14. The third kappa shape index (κ3) is 5.20. The van der Waals surface area contributed by atoms with E-state index in [0.29, 0.717) is 6.54 Å². The Morgan fingerprint density at radius 1 is 1.15 bits per heavy atom. The summed E-state index contributed by atoms with van der Waals surface area (Å²) in [5, 5.41) is 3.06. The Bertz CT molecular complexity index is 713. The lowest BCUT2D eigenvalue weighted by molar-refractivity contribution is -0.125. The average molecular weight is 368 g/mol. The predicted molar refractivity (Wildman–Crippen MR) is 107 cm³/mol. The van der Waals surface area contributed by atoms with Crippen LogP contribution in [0.15, 0.2) is 48.7 Å². The maximum Gasteiger partial charge on any atom is 0.237 e. The molecule has 6 nitrogen and oxygen atoms in total. The zero-order valence-corrected chi connectivity index (χ0v) is 16.1. The van der Waals surface area contributed by atoms with E-state index in [4.69, 9.17) is 4.74 Å². The van der Waals surface area contributed by atoms with Crippen LogP contribution in [0.5, 0.6) is 5.75 Å². The number of amides is 1. The summed E-state index contributed by atoms with van der Waals surface area (Å²) in [6.07, 6.45) is 2.64. The van der Waals surface area contributed by atoms with Crippen LogP contribution in [0.3, 0.4) is 0 Å². The van der Waals surface area contributed by atoms with E-state index in [2.05, 4.69) is 20.1 Å². The Morgan fingerprint density at radius 2 is 1.89 bits per heavy atom. The van der Waals surface area contributed by atoms with E-state index in [1.54, 1.807) is 7.11 Å². The van der Waals surface area contributed by atoms with Gasteiger partial charge in [0.2, 0.25) is 5.91 Å². The second-order valence-corrected chi connectivity index (χ2v) is 6.78. The van der Waals surface area contributed by atoms with Crippen LogP contribution in [0.1, 0.15) is 12.5 Å². The Morgan fingerprint density at radius 3 is 2.52 bits per heavy atom. The Balaban J connectivity index is 1.41. The lowest BCUT2D eigenvalue weighted by Gasteiger charge is -2.37. The topological polar surface area (TPSA) is 57.7 Å². The molecule has 1 aliphatic rings. The van der Waals surface area contributed by atoms with Crippen molar-refractivity contribution in [3.05, 3.63) is 54.2 Å². The second-order valence-electron chi connectivity index (χ2n) is 6.78. The van der Waals surface area contributed by atoms with Crippen molar-refractivity contribution in [1.82, 2.24) is 15.2 Å². The molecule has 0 bridgehead atoms. The maximum atomic E-state index is 12.5. The van der Waals surface area contributed by atoms with E-state index in [0.717, 1.165) is 44.2 Å². The summed E-state index contributed by atoms with van der Waals surface area (Å²) < 4.78 is 5.16. The van der Waals surface area contributed by atoms with E-state index < -0.39 is 0 Å². The fraction of sp³-hybridized carbons (Fsp3) is 0.429. The van der Waals surface area contributed by atoms with Gasteiger partial charge in [0.1, 0.15) is 11.6 Å². The van der Waals surface area contributed by atoms with Gasteiger partial charge in [-0.25, -0.2) is 4.98 Å². The summed E-state index contributed by atoms with van der Waals surface area (Å²) in [5.41, 5.74) is 1.19. The number of hydrogen-bond acceptors (Lipinski definition) is 5. The first kappa shape index (κ1) is 19.2. The van der Waals surface area contributed by atoms with Gasteiger partial charge in [-0.1, -0.05) is 18.2 Å². The van der Waals surface area contributed by atoms with E-state index in [1.807, 2.05) is 55.6 Å². The fourth-order valence-corrected chi connectivity index (χ4v) is 3.31. The summed E-state index contributed by atoms with van der Waals surface area (Å²) >= 11 is 0. The molecule has 1 fully saturated rings. The summed E-state index contributed by atoms with van der Waals surface area (Å²) in [7, 11) is 1.66. The van der Waals surface area contributed by atoms with Crippen molar-refractivity contribution in [3.63, 3.8) is 0 Å². The average Bonchev–Trinajstić information content (AvgIpc) is 2.74. The summed E-state index contributed by atoms with van der Waals surface area (Å²) in [6, 6.07) is 13.8. The molecule has 2 heterocycles. The van der Waals surface area contributed by atoms with Crippen LogP contribution in [0, 0.1) is 0 Å². The van der Waals surface area contributed by atoms with Gasteiger partial charge in [-0.05, 0) is 43.2 Å². The molecule has 1 aliphatic heterocycles. The minimum absolute atomic E-state index is 0.0924. The summed E-state index contributed by atoms with van der Waals surface area (Å²) in [4.78, 5) is 21.4. The lowest BCUT2D eigenvalue weighted by Crippen LogP contribution is -2.54. The van der Waals surface area contributed by atoms with Crippen LogP contribution in [-0.2, 0) is 11.2 Å². The van der Waals surface area contributed by atoms with E-state index in [1.165, 1.54) is 5.56 Å². The first-order valence-corrected chi connectivity index (χ1v) is 9.48. The molecule has 1 atom stereocenters. The molecule has 1 amide bonds. The van der Waals surface area contributed by atoms with Crippen molar-refractivity contribution in [1.29, 1.82) is 0 Å². The number of anilines is 1. The zero-order chi connectivity index (χ0) is 19.1. The van der Waals surface area contributed by atoms with Crippen molar-refractivity contribution in [2.45, 2.75) is 19.4 Å². The number of nitrogens with one attached hydrogen (secondary N) is 1. The van der Waals surface area contributed by atoms with Crippen molar-refractivity contribution in [3.8, 4) is 5.75 Å². The van der Waals surface area contributed by atoms with Gasteiger partial charge in [-0.2, -0.15) is 0 Å². The van der Waals surface area contributed by atoms with Gasteiger partial charge in [0.25, 0.3) is 0 Å². The van der Waals surface area contributed by atoms with Gasteiger partial charge in [0, 0.05) is 38.9 Å².